The average Bonchev–Trinajstić information content (AvgIpc) is 3.42. The van der Waals surface area contributed by atoms with E-state index in [2.05, 4.69) is 34.5 Å². The SMILES string of the molecule is Cc1cc(-c2cnc(NC(C)C)nc2C2CCN(C(=O)c3cc(C(C)C)no3)CC2)on1. The molecule has 4 heterocycles. The third kappa shape index (κ3) is 4.66. The largest absolute Gasteiger partial charge is 0.356 e. The second kappa shape index (κ2) is 9.10. The number of piperidine rings is 1. The van der Waals surface area contributed by atoms with Crippen molar-refractivity contribution in [2.45, 2.75) is 65.3 Å². The Hall–Kier alpha value is -3.23. The normalized spacial score (nSPS) is 15.0. The van der Waals surface area contributed by atoms with Gasteiger partial charge in [0, 0.05) is 43.4 Å². The maximum Gasteiger partial charge on any atom is 0.292 e. The molecule has 1 aliphatic heterocycles. The number of aromatic nitrogens is 4. The van der Waals surface area contributed by atoms with E-state index >= 15 is 0 Å². The molecule has 9 nitrogen and oxygen atoms in total. The van der Waals surface area contributed by atoms with Crippen molar-refractivity contribution in [1.29, 1.82) is 0 Å². The molecule has 0 radical (unpaired) electrons. The molecular weight excluding hydrogens is 408 g/mol. The summed E-state index contributed by atoms with van der Waals surface area (Å²) in [5.41, 5.74) is 3.37. The fourth-order valence-electron chi connectivity index (χ4n) is 3.89. The summed E-state index contributed by atoms with van der Waals surface area (Å²) >= 11 is 0. The van der Waals surface area contributed by atoms with Crippen LogP contribution in [0.15, 0.2) is 27.4 Å². The molecule has 32 heavy (non-hydrogen) atoms. The number of nitrogens with zero attached hydrogens (tertiary/aromatic N) is 5. The summed E-state index contributed by atoms with van der Waals surface area (Å²) in [4.78, 5) is 24.0. The zero-order valence-electron chi connectivity index (χ0n) is 19.3. The van der Waals surface area contributed by atoms with Gasteiger partial charge in [0.1, 0.15) is 0 Å². The number of nitrogens with one attached hydrogen (secondary N) is 1. The molecule has 3 aromatic heterocycles. The number of rotatable bonds is 6. The van der Waals surface area contributed by atoms with E-state index in [-0.39, 0.29) is 23.8 Å². The van der Waals surface area contributed by atoms with Crippen molar-refractivity contribution in [1.82, 2.24) is 25.2 Å². The highest BCUT2D eigenvalue weighted by Gasteiger charge is 2.30. The van der Waals surface area contributed by atoms with E-state index in [0.29, 0.717) is 30.6 Å². The quantitative estimate of drug-likeness (QED) is 0.603. The summed E-state index contributed by atoms with van der Waals surface area (Å²) < 4.78 is 10.8. The van der Waals surface area contributed by atoms with Gasteiger partial charge in [0.15, 0.2) is 5.76 Å². The van der Waals surface area contributed by atoms with Crippen LogP contribution in [0.4, 0.5) is 5.95 Å². The molecule has 0 aromatic carbocycles. The van der Waals surface area contributed by atoms with E-state index in [4.69, 9.17) is 14.0 Å². The highest BCUT2D eigenvalue weighted by Crippen LogP contribution is 2.35. The predicted octanol–water partition coefficient (Wildman–Crippen LogP) is 4.39. The standard InChI is InChI=1S/C23H30N6O3/c1-13(2)18-11-20(32-28-18)22(30)29-8-6-16(7-9-29)21-17(19-10-15(5)27-31-19)12-24-23(26-21)25-14(3)4/h10-14,16H,6-9H2,1-5H3,(H,24,25,26). The summed E-state index contributed by atoms with van der Waals surface area (Å²) in [5.74, 6) is 1.84. The summed E-state index contributed by atoms with van der Waals surface area (Å²) in [6.07, 6.45) is 3.37. The lowest BCUT2D eigenvalue weighted by atomic mass is 9.90. The van der Waals surface area contributed by atoms with Gasteiger partial charge >= 0.3 is 0 Å². The molecule has 3 aromatic rings. The molecule has 0 unspecified atom stereocenters. The number of hydrogen-bond donors (Lipinski definition) is 1. The molecule has 1 N–H and O–H groups in total. The zero-order chi connectivity index (χ0) is 22.8. The van der Waals surface area contributed by atoms with Crippen molar-refractivity contribution in [2.75, 3.05) is 18.4 Å². The summed E-state index contributed by atoms with van der Waals surface area (Å²) in [5, 5.41) is 11.3. The molecule has 0 bridgehead atoms. The molecule has 0 atom stereocenters. The number of anilines is 1. The molecule has 0 aliphatic carbocycles. The number of hydrogen-bond acceptors (Lipinski definition) is 8. The lowest BCUT2D eigenvalue weighted by Gasteiger charge is -2.31. The number of likely N-dealkylation sites (tertiary alicyclic amines) is 1. The van der Waals surface area contributed by atoms with Crippen LogP contribution in [0.2, 0.25) is 0 Å². The Morgan fingerprint density at radius 1 is 1.12 bits per heavy atom. The van der Waals surface area contributed by atoms with E-state index in [1.807, 2.05) is 31.7 Å². The third-order valence-corrected chi connectivity index (χ3v) is 5.63. The Morgan fingerprint density at radius 2 is 1.88 bits per heavy atom. The van der Waals surface area contributed by atoms with Crippen LogP contribution < -0.4 is 5.32 Å². The van der Waals surface area contributed by atoms with E-state index < -0.39 is 0 Å². The van der Waals surface area contributed by atoms with Crippen LogP contribution >= 0.6 is 0 Å². The Morgan fingerprint density at radius 3 is 2.47 bits per heavy atom. The van der Waals surface area contributed by atoms with Crippen LogP contribution in [0.5, 0.6) is 0 Å². The van der Waals surface area contributed by atoms with Gasteiger partial charge in [0.2, 0.25) is 11.7 Å². The lowest BCUT2D eigenvalue weighted by Crippen LogP contribution is -2.38. The van der Waals surface area contributed by atoms with Gasteiger partial charge in [-0.2, -0.15) is 0 Å². The number of carbonyl (C=O) groups excluding carboxylic acids is 1. The first-order valence-electron chi connectivity index (χ1n) is 11.1. The maximum absolute atomic E-state index is 12.9. The molecule has 170 valence electrons. The number of carbonyl (C=O) groups is 1. The van der Waals surface area contributed by atoms with Crippen molar-refractivity contribution in [3.63, 3.8) is 0 Å². The fourth-order valence-corrected chi connectivity index (χ4v) is 3.89. The van der Waals surface area contributed by atoms with Crippen molar-refractivity contribution < 1.29 is 13.8 Å². The lowest BCUT2D eigenvalue weighted by molar-refractivity contribution is 0.0670. The Kier molecular flexibility index (Phi) is 6.25. The highest BCUT2D eigenvalue weighted by atomic mass is 16.5. The van der Waals surface area contributed by atoms with Crippen molar-refractivity contribution in [3.05, 3.63) is 41.2 Å². The van der Waals surface area contributed by atoms with Crippen molar-refractivity contribution in [2.24, 2.45) is 0 Å². The summed E-state index contributed by atoms with van der Waals surface area (Å²) in [6, 6.07) is 3.86. The smallest absolute Gasteiger partial charge is 0.292 e. The van der Waals surface area contributed by atoms with E-state index in [0.717, 1.165) is 35.5 Å². The Labute approximate surface area is 187 Å². The average molecular weight is 439 g/mol. The molecule has 9 heteroatoms. The monoisotopic (exact) mass is 438 g/mol. The van der Waals surface area contributed by atoms with Gasteiger partial charge in [-0.05, 0) is 39.5 Å². The molecular formula is C23H30N6O3. The maximum atomic E-state index is 12.9. The van der Waals surface area contributed by atoms with Gasteiger partial charge in [-0.1, -0.05) is 24.2 Å². The number of amides is 1. The highest BCUT2D eigenvalue weighted by molar-refractivity contribution is 5.91. The Bertz CT molecular complexity index is 1080. The zero-order valence-corrected chi connectivity index (χ0v) is 19.3. The first-order chi connectivity index (χ1) is 15.3. The minimum Gasteiger partial charge on any atom is -0.356 e. The molecule has 1 fully saturated rings. The predicted molar refractivity (Wildman–Crippen MR) is 119 cm³/mol. The molecule has 4 rings (SSSR count). The van der Waals surface area contributed by atoms with Crippen molar-refractivity contribution >= 4 is 11.9 Å². The van der Waals surface area contributed by atoms with Crippen LogP contribution in [-0.4, -0.2) is 50.2 Å². The second-order valence-corrected chi connectivity index (χ2v) is 8.96. The van der Waals surface area contributed by atoms with Crippen LogP contribution in [0, 0.1) is 6.92 Å². The van der Waals surface area contributed by atoms with Gasteiger partial charge in [0.25, 0.3) is 5.91 Å². The minimum absolute atomic E-state index is 0.112. The molecule has 0 spiro atoms. The van der Waals surface area contributed by atoms with Crippen LogP contribution in [-0.2, 0) is 0 Å². The topological polar surface area (TPSA) is 110 Å². The first kappa shape index (κ1) is 22.0. The van der Waals surface area contributed by atoms with Gasteiger partial charge in [-0.15, -0.1) is 0 Å². The molecule has 1 aliphatic rings. The van der Waals surface area contributed by atoms with Gasteiger partial charge in [-0.25, -0.2) is 9.97 Å². The van der Waals surface area contributed by atoms with Gasteiger partial charge < -0.3 is 19.3 Å². The minimum atomic E-state index is -0.112. The summed E-state index contributed by atoms with van der Waals surface area (Å²) in [7, 11) is 0. The van der Waals surface area contributed by atoms with Crippen molar-refractivity contribution in [3.8, 4) is 11.3 Å². The van der Waals surface area contributed by atoms with Gasteiger partial charge in [0.05, 0.1) is 22.6 Å². The van der Waals surface area contributed by atoms with E-state index in [1.165, 1.54) is 0 Å². The Balaban J connectivity index is 1.53. The van der Waals surface area contributed by atoms with Crippen LogP contribution in [0.1, 0.15) is 80.0 Å². The van der Waals surface area contributed by atoms with Gasteiger partial charge in [-0.3, -0.25) is 4.79 Å². The molecule has 0 saturated carbocycles. The fraction of sp³-hybridized carbons (Fsp3) is 0.522. The molecule has 1 amide bonds. The van der Waals surface area contributed by atoms with Crippen LogP contribution in [0.25, 0.3) is 11.3 Å². The van der Waals surface area contributed by atoms with E-state index in [9.17, 15) is 4.79 Å². The third-order valence-electron chi connectivity index (χ3n) is 5.63. The molecule has 1 saturated heterocycles. The van der Waals surface area contributed by atoms with E-state index in [1.54, 1.807) is 12.3 Å². The second-order valence-electron chi connectivity index (χ2n) is 8.96. The first-order valence-corrected chi connectivity index (χ1v) is 11.1. The summed E-state index contributed by atoms with van der Waals surface area (Å²) in [6.45, 7) is 11.3. The van der Waals surface area contributed by atoms with Crippen LogP contribution in [0.3, 0.4) is 0 Å². The number of aryl methyl sites for hydroxylation is 1.